The molecule has 1 N–H and O–H groups in total. The Kier molecular flexibility index (Phi) is 4.89. The van der Waals surface area contributed by atoms with E-state index in [1.807, 2.05) is 12.1 Å². The first-order valence-corrected chi connectivity index (χ1v) is 9.87. The van der Waals surface area contributed by atoms with Gasteiger partial charge in [-0.15, -0.1) is 5.10 Å². The number of benzene rings is 2. The third-order valence-electron chi connectivity index (χ3n) is 4.53. The number of nitrogens with one attached hydrogen (secondary N) is 1. The van der Waals surface area contributed by atoms with Crippen LogP contribution in [-0.2, 0) is 0 Å². The van der Waals surface area contributed by atoms with Crippen LogP contribution in [0.5, 0.6) is 0 Å². The molecule has 5 aromatic rings. The highest BCUT2D eigenvalue weighted by Crippen LogP contribution is 2.29. The van der Waals surface area contributed by atoms with E-state index in [1.54, 1.807) is 48.5 Å². The Morgan fingerprint density at radius 1 is 0.935 bits per heavy atom. The lowest BCUT2D eigenvalue weighted by atomic mass is 10.0. The third kappa shape index (κ3) is 3.88. The van der Waals surface area contributed by atoms with Crippen LogP contribution in [0.15, 0.2) is 75.8 Å². The first-order valence-electron chi connectivity index (χ1n) is 9.12. The van der Waals surface area contributed by atoms with Crippen molar-refractivity contribution in [1.82, 2.24) is 15.2 Å². The summed E-state index contributed by atoms with van der Waals surface area (Å²) in [6, 6.07) is 17.4. The molecule has 0 atom stereocenters. The summed E-state index contributed by atoms with van der Waals surface area (Å²) < 4.78 is 10.7. The van der Waals surface area contributed by atoms with E-state index < -0.39 is 5.91 Å². The van der Waals surface area contributed by atoms with Crippen molar-refractivity contribution >= 4 is 46.0 Å². The van der Waals surface area contributed by atoms with Crippen molar-refractivity contribution in [2.75, 3.05) is 5.32 Å². The van der Waals surface area contributed by atoms with Gasteiger partial charge in [0.05, 0.1) is 23.0 Å². The number of hydrogen-bond donors (Lipinski definition) is 1. The van der Waals surface area contributed by atoms with E-state index in [9.17, 15) is 4.79 Å². The number of aromatic nitrogens is 3. The number of fused-ring (bicyclic) bond motifs is 1. The van der Waals surface area contributed by atoms with Gasteiger partial charge in [-0.3, -0.25) is 10.1 Å². The van der Waals surface area contributed by atoms with Gasteiger partial charge in [-0.05, 0) is 48.5 Å². The summed E-state index contributed by atoms with van der Waals surface area (Å²) >= 11 is 12.2. The molecule has 0 aliphatic heterocycles. The van der Waals surface area contributed by atoms with E-state index in [-0.39, 0.29) is 11.9 Å². The van der Waals surface area contributed by atoms with Gasteiger partial charge in [0, 0.05) is 21.0 Å². The number of carbonyl (C=O) groups excluding carboxylic acids is 1. The van der Waals surface area contributed by atoms with Gasteiger partial charge in [-0.1, -0.05) is 40.4 Å². The second-order valence-corrected chi connectivity index (χ2v) is 7.44. The molecule has 3 heterocycles. The van der Waals surface area contributed by atoms with Crippen molar-refractivity contribution in [3.8, 4) is 22.9 Å². The second kappa shape index (κ2) is 7.86. The Hall–Kier alpha value is -3.68. The molecule has 7 nitrogen and oxygen atoms in total. The van der Waals surface area contributed by atoms with Crippen LogP contribution >= 0.6 is 23.2 Å². The van der Waals surface area contributed by atoms with E-state index in [4.69, 9.17) is 32.0 Å². The van der Waals surface area contributed by atoms with Gasteiger partial charge >= 0.3 is 6.01 Å². The van der Waals surface area contributed by atoms with Gasteiger partial charge < -0.3 is 8.83 Å². The summed E-state index contributed by atoms with van der Waals surface area (Å²) in [6.07, 6.45) is 1.49. The molecule has 5 rings (SSSR count). The lowest BCUT2D eigenvalue weighted by Crippen LogP contribution is -2.13. The Balaban J connectivity index is 1.55. The third-order valence-corrected chi connectivity index (χ3v) is 5.02. The van der Waals surface area contributed by atoms with Gasteiger partial charge in [-0.2, -0.15) is 0 Å². The fourth-order valence-electron chi connectivity index (χ4n) is 3.09. The zero-order chi connectivity index (χ0) is 21.4. The number of halogens is 2. The standard InChI is InChI=1S/C22H12Cl2N4O3/c23-13-5-3-12(4-6-13)18-11-16(15-10-14(24)7-8-17(15)25-18)20(29)26-22-28-27-21(31-22)19-2-1-9-30-19/h1-11H,(H,26,28,29). The summed E-state index contributed by atoms with van der Waals surface area (Å²) in [5.74, 6) is 0.114. The number of rotatable bonds is 4. The Bertz CT molecular complexity index is 1400. The molecule has 2 aromatic carbocycles. The quantitative estimate of drug-likeness (QED) is 0.355. The highest BCUT2D eigenvalue weighted by molar-refractivity contribution is 6.31. The van der Waals surface area contributed by atoms with Crippen LogP contribution in [0.1, 0.15) is 10.4 Å². The molecule has 1 amide bonds. The lowest BCUT2D eigenvalue weighted by Gasteiger charge is -2.10. The maximum atomic E-state index is 13.1. The zero-order valence-electron chi connectivity index (χ0n) is 15.7. The molecule has 0 unspecified atom stereocenters. The maximum Gasteiger partial charge on any atom is 0.322 e. The van der Waals surface area contributed by atoms with Crippen molar-refractivity contribution in [2.45, 2.75) is 0 Å². The molecule has 0 saturated carbocycles. The summed E-state index contributed by atoms with van der Waals surface area (Å²) in [5.41, 5.74) is 2.39. The van der Waals surface area contributed by atoms with Crippen molar-refractivity contribution < 1.29 is 13.6 Å². The van der Waals surface area contributed by atoms with E-state index in [0.29, 0.717) is 38.0 Å². The van der Waals surface area contributed by atoms with Gasteiger partial charge in [0.1, 0.15) is 0 Å². The molecule has 0 radical (unpaired) electrons. The van der Waals surface area contributed by atoms with Gasteiger partial charge in [0.25, 0.3) is 11.8 Å². The normalized spacial score (nSPS) is 11.0. The van der Waals surface area contributed by atoms with Crippen molar-refractivity contribution in [3.05, 3.63) is 82.5 Å². The Labute approximate surface area is 185 Å². The summed E-state index contributed by atoms with van der Waals surface area (Å²) in [6.45, 7) is 0. The predicted molar refractivity (Wildman–Crippen MR) is 117 cm³/mol. The minimum Gasteiger partial charge on any atom is -0.459 e. The van der Waals surface area contributed by atoms with Crippen LogP contribution in [0.25, 0.3) is 33.8 Å². The van der Waals surface area contributed by atoms with E-state index in [0.717, 1.165) is 5.56 Å². The molecular formula is C22H12Cl2N4O3. The first-order chi connectivity index (χ1) is 15.1. The monoisotopic (exact) mass is 450 g/mol. The SMILES string of the molecule is O=C(Nc1nnc(-c2ccco2)o1)c1cc(-c2ccc(Cl)cc2)nc2ccc(Cl)cc12. The summed E-state index contributed by atoms with van der Waals surface area (Å²) in [4.78, 5) is 17.8. The molecule has 0 bridgehead atoms. The fourth-order valence-corrected chi connectivity index (χ4v) is 3.39. The number of anilines is 1. The molecule has 31 heavy (non-hydrogen) atoms. The van der Waals surface area contributed by atoms with Gasteiger partial charge in [0.15, 0.2) is 5.76 Å². The molecule has 0 saturated heterocycles. The lowest BCUT2D eigenvalue weighted by molar-refractivity contribution is 0.102. The number of carbonyl (C=O) groups is 1. The van der Waals surface area contributed by atoms with Crippen LogP contribution in [0.4, 0.5) is 6.01 Å². The fraction of sp³-hybridized carbons (Fsp3) is 0. The Morgan fingerprint density at radius 3 is 2.52 bits per heavy atom. The first kappa shape index (κ1) is 19.3. The average Bonchev–Trinajstić information content (AvgIpc) is 3.45. The molecule has 0 aliphatic carbocycles. The van der Waals surface area contributed by atoms with Gasteiger partial charge in [0.2, 0.25) is 0 Å². The van der Waals surface area contributed by atoms with E-state index >= 15 is 0 Å². The van der Waals surface area contributed by atoms with Crippen molar-refractivity contribution in [1.29, 1.82) is 0 Å². The largest absolute Gasteiger partial charge is 0.459 e. The molecule has 9 heteroatoms. The van der Waals surface area contributed by atoms with Crippen LogP contribution < -0.4 is 5.32 Å². The highest BCUT2D eigenvalue weighted by atomic mass is 35.5. The number of amides is 1. The van der Waals surface area contributed by atoms with Crippen LogP contribution in [0.2, 0.25) is 10.0 Å². The second-order valence-electron chi connectivity index (χ2n) is 6.57. The topological polar surface area (TPSA) is 94.1 Å². The molecule has 0 spiro atoms. The van der Waals surface area contributed by atoms with E-state index in [1.165, 1.54) is 6.26 Å². The number of nitrogens with zero attached hydrogens (tertiary/aromatic N) is 3. The van der Waals surface area contributed by atoms with Crippen LogP contribution in [0, 0.1) is 0 Å². The number of furan rings is 1. The minimum absolute atomic E-state index is 0.0589. The predicted octanol–water partition coefficient (Wildman–Crippen LogP) is 6.10. The molecule has 3 aromatic heterocycles. The molecule has 0 aliphatic rings. The number of pyridine rings is 1. The summed E-state index contributed by atoms with van der Waals surface area (Å²) in [7, 11) is 0. The Morgan fingerprint density at radius 2 is 1.74 bits per heavy atom. The van der Waals surface area contributed by atoms with E-state index in [2.05, 4.69) is 20.5 Å². The van der Waals surface area contributed by atoms with Crippen LogP contribution in [0.3, 0.4) is 0 Å². The highest BCUT2D eigenvalue weighted by Gasteiger charge is 2.18. The van der Waals surface area contributed by atoms with Crippen molar-refractivity contribution in [2.24, 2.45) is 0 Å². The zero-order valence-corrected chi connectivity index (χ0v) is 17.2. The smallest absolute Gasteiger partial charge is 0.322 e. The molecule has 152 valence electrons. The van der Waals surface area contributed by atoms with Gasteiger partial charge in [-0.25, -0.2) is 4.98 Å². The minimum atomic E-state index is -0.445. The maximum absolute atomic E-state index is 13.1. The van der Waals surface area contributed by atoms with Crippen molar-refractivity contribution in [3.63, 3.8) is 0 Å². The average molecular weight is 451 g/mol. The molecule has 0 fully saturated rings. The summed E-state index contributed by atoms with van der Waals surface area (Å²) in [5, 5.41) is 12.1. The molecular weight excluding hydrogens is 439 g/mol. The van der Waals surface area contributed by atoms with Crippen LogP contribution in [-0.4, -0.2) is 21.1 Å². The number of hydrogen-bond acceptors (Lipinski definition) is 6.